The molecule has 0 bridgehead atoms. The molecule has 1 heterocycles. The molecule has 2 rings (SSSR count). The van der Waals surface area contributed by atoms with E-state index in [0.29, 0.717) is 0 Å². The van der Waals surface area contributed by atoms with Gasteiger partial charge in [-0.25, -0.2) is 13.6 Å². The van der Waals surface area contributed by atoms with Crippen molar-refractivity contribution in [3.05, 3.63) is 40.0 Å². The standard InChI is InChI=1S/C11H7BrF2N2O2/c1-18-11(17)10-4-9(15-16-10)5-2-6(12)8(14)3-7(5)13/h2-4H,1H3,(H,15,16). The number of aromatic amines is 1. The highest BCUT2D eigenvalue weighted by Crippen LogP contribution is 2.27. The quantitative estimate of drug-likeness (QED) is 0.684. The Balaban J connectivity index is 2.46. The number of hydrogen-bond acceptors (Lipinski definition) is 3. The van der Waals surface area contributed by atoms with Gasteiger partial charge in [-0.15, -0.1) is 0 Å². The van der Waals surface area contributed by atoms with Gasteiger partial charge in [-0.05, 0) is 28.1 Å². The summed E-state index contributed by atoms with van der Waals surface area (Å²) in [4.78, 5) is 11.2. The van der Waals surface area contributed by atoms with Crippen molar-refractivity contribution in [1.82, 2.24) is 10.2 Å². The third-order valence-electron chi connectivity index (χ3n) is 2.27. The summed E-state index contributed by atoms with van der Waals surface area (Å²) in [5, 5.41) is 6.19. The Morgan fingerprint density at radius 1 is 1.33 bits per heavy atom. The second-order valence-electron chi connectivity index (χ2n) is 3.40. The molecule has 0 spiro atoms. The van der Waals surface area contributed by atoms with Crippen LogP contribution in [0.2, 0.25) is 0 Å². The first-order valence-electron chi connectivity index (χ1n) is 4.81. The molecular formula is C11H7BrF2N2O2. The fraction of sp³-hybridized carbons (Fsp3) is 0.0909. The van der Waals surface area contributed by atoms with Gasteiger partial charge in [-0.3, -0.25) is 5.10 Å². The summed E-state index contributed by atoms with van der Waals surface area (Å²) in [6.07, 6.45) is 0. The van der Waals surface area contributed by atoms with Gasteiger partial charge < -0.3 is 4.74 Å². The average molecular weight is 317 g/mol. The van der Waals surface area contributed by atoms with Gasteiger partial charge in [0.25, 0.3) is 0 Å². The van der Waals surface area contributed by atoms with E-state index in [4.69, 9.17) is 0 Å². The molecule has 0 saturated heterocycles. The van der Waals surface area contributed by atoms with Crippen LogP contribution in [0.5, 0.6) is 0 Å². The lowest BCUT2D eigenvalue weighted by atomic mass is 10.1. The number of nitrogens with one attached hydrogen (secondary N) is 1. The molecule has 0 saturated carbocycles. The number of carbonyl (C=O) groups excluding carboxylic acids is 1. The lowest BCUT2D eigenvalue weighted by Crippen LogP contribution is -2.00. The number of halogens is 3. The van der Waals surface area contributed by atoms with E-state index in [9.17, 15) is 13.6 Å². The van der Waals surface area contributed by atoms with Crippen LogP contribution in [0.15, 0.2) is 22.7 Å². The summed E-state index contributed by atoms with van der Waals surface area (Å²) in [7, 11) is 1.22. The number of carbonyl (C=O) groups is 1. The molecule has 0 aliphatic heterocycles. The monoisotopic (exact) mass is 316 g/mol. The summed E-state index contributed by atoms with van der Waals surface area (Å²) < 4.78 is 31.2. The van der Waals surface area contributed by atoms with Crippen molar-refractivity contribution in [2.45, 2.75) is 0 Å². The van der Waals surface area contributed by atoms with Crippen molar-refractivity contribution < 1.29 is 18.3 Å². The second kappa shape index (κ2) is 4.85. The zero-order chi connectivity index (χ0) is 13.3. The van der Waals surface area contributed by atoms with Crippen molar-refractivity contribution in [3.63, 3.8) is 0 Å². The SMILES string of the molecule is COC(=O)c1cc(-c2cc(Br)c(F)cc2F)n[nH]1. The fourth-order valence-electron chi connectivity index (χ4n) is 1.39. The van der Waals surface area contributed by atoms with E-state index in [0.717, 1.165) is 6.07 Å². The normalized spacial score (nSPS) is 10.4. The first-order valence-corrected chi connectivity index (χ1v) is 5.61. The highest BCUT2D eigenvalue weighted by molar-refractivity contribution is 9.10. The molecule has 0 fully saturated rings. The van der Waals surface area contributed by atoms with E-state index in [1.54, 1.807) is 0 Å². The minimum absolute atomic E-state index is 0.0784. The van der Waals surface area contributed by atoms with Crippen LogP contribution >= 0.6 is 15.9 Å². The Kier molecular flexibility index (Phi) is 3.42. The molecule has 0 atom stereocenters. The van der Waals surface area contributed by atoms with Crippen LogP contribution in [-0.2, 0) is 4.74 Å². The molecule has 0 amide bonds. The first-order chi connectivity index (χ1) is 8.52. The Bertz CT molecular complexity index is 613. The van der Waals surface area contributed by atoms with Gasteiger partial charge in [0, 0.05) is 11.6 Å². The van der Waals surface area contributed by atoms with Crippen LogP contribution in [0.3, 0.4) is 0 Å². The number of benzene rings is 1. The van der Waals surface area contributed by atoms with Gasteiger partial charge >= 0.3 is 5.97 Å². The second-order valence-corrected chi connectivity index (χ2v) is 4.26. The van der Waals surface area contributed by atoms with Crippen molar-refractivity contribution in [1.29, 1.82) is 0 Å². The van der Waals surface area contributed by atoms with Crippen molar-refractivity contribution in [2.75, 3.05) is 7.11 Å². The van der Waals surface area contributed by atoms with Crippen LogP contribution in [0.25, 0.3) is 11.3 Å². The molecule has 2 aromatic rings. The maximum absolute atomic E-state index is 13.6. The smallest absolute Gasteiger partial charge is 0.356 e. The van der Waals surface area contributed by atoms with Gasteiger partial charge in [0.1, 0.15) is 17.3 Å². The number of ether oxygens (including phenoxy) is 1. The zero-order valence-electron chi connectivity index (χ0n) is 9.13. The van der Waals surface area contributed by atoms with Crippen molar-refractivity contribution in [3.8, 4) is 11.3 Å². The molecule has 0 aliphatic carbocycles. The van der Waals surface area contributed by atoms with Crippen molar-refractivity contribution in [2.24, 2.45) is 0 Å². The highest BCUT2D eigenvalue weighted by Gasteiger charge is 2.15. The molecule has 1 N–H and O–H groups in total. The number of rotatable bonds is 2. The molecule has 0 aliphatic rings. The molecular weight excluding hydrogens is 310 g/mol. The largest absolute Gasteiger partial charge is 0.464 e. The van der Waals surface area contributed by atoms with E-state index < -0.39 is 17.6 Å². The minimum Gasteiger partial charge on any atom is -0.464 e. The predicted molar refractivity (Wildman–Crippen MR) is 63.0 cm³/mol. The lowest BCUT2D eigenvalue weighted by Gasteiger charge is -2.01. The van der Waals surface area contributed by atoms with E-state index in [1.165, 1.54) is 19.2 Å². The van der Waals surface area contributed by atoms with Gasteiger partial charge in [0.2, 0.25) is 0 Å². The predicted octanol–water partition coefficient (Wildman–Crippen LogP) is 2.90. The highest BCUT2D eigenvalue weighted by atomic mass is 79.9. The van der Waals surface area contributed by atoms with Crippen LogP contribution in [-0.4, -0.2) is 23.3 Å². The van der Waals surface area contributed by atoms with Crippen LogP contribution in [0.4, 0.5) is 8.78 Å². The average Bonchev–Trinajstić information content (AvgIpc) is 2.82. The Morgan fingerprint density at radius 2 is 2.06 bits per heavy atom. The van der Waals surface area contributed by atoms with E-state index in [-0.39, 0.29) is 21.4 Å². The number of esters is 1. The summed E-state index contributed by atoms with van der Waals surface area (Å²) >= 11 is 2.96. The van der Waals surface area contributed by atoms with Gasteiger partial charge in [-0.2, -0.15) is 5.10 Å². The van der Waals surface area contributed by atoms with Crippen LogP contribution in [0.1, 0.15) is 10.5 Å². The maximum Gasteiger partial charge on any atom is 0.356 e. The van der Waals surface area contributed by atoms with E-state index in [1.807, 2.05) is 0 Å². The molecule has 0 radical (unpaired) electrons. The Morgan fingerprint density at radius 3 is 2.72 bits per heavy atom. The number of nitrogens with zero attached hydrogens (tertiary/aromatic N) is 1. The number of hydrogen-bond donors (Lipinski definition) is 1. The molecule has 7 heteroatoms. The Labute approximate surface area is 109 Å². The third kappa shape index (κ3) is 2.26. The minimum atomic E-state index is -0.765. The van der Waals surface area contributed by atoms with Gasteiger partial charge in [-0.1, -0.05) is 0 Å². The molecule has 0 unspecified atom stereocenters. The third-order valence-corrected chi connectivity index (χ3v) is 2.88. The molecule has 4 nitrogen and oxygen atoms in total. The molecule has 18 heavy (non-hydrogen) atoms. The van der Waals surface area contributed by atoms with Gasteiger partial charge in [0.05, 0.1) is 17.3 Å². The van der Waals surface area contributed by atoms with E-state index in [2.05, 4.69) is 30.9 Å². The lowest BCUT2D eigenvalue weighted by molar-refractivity contribution is 0.0594. The summed E-state index contributed by atoms with van der Waals surface area (Å²) in [6.45, 7) is 0. The van der Waals surface area contributed by atoms with Crippen LogP contribution < -0.4 is 0 Å². The summed E-state index contributed by atoms with van der Waals surface area (Å²) in [5.74, 6) is -2.09. The molecule has 1 aromatic carbocycles. The first kappa shape index (κ1) is 12.7. The summed E-state index contributed by atoms with van der Waals surface area (Å²) in [5.41, 5.74) is 0.357. The molecule has 1 aromatic heterocycles. The zero-order valence-corrected chi connectivity index (χ0v) is 10.7. The maximum atomic E-state index is 13.6. The number of H-pyrrole nitrogens is 1. The molecule has 94 valence electrons. The Hall–Kier alpha value is -1.76. The van der Waals surface area contributed by atoms with Crippen molar-refractivity contribution >= 4 is 21.9 Å². The fourth-order valence-corrected chi connectivity index (χ4v) is 1.74. The van der Waals surface area contributed by atoms with E-state index >= 15 is 0 Å². The topological polar surface area (TPSA) is 55.0 Å². The van der Waals surface area contributed by atoms with Gasteiger partial charge in [0.15, 0.2) is 0 Å². The number of methoxy groups -OCH3 is 1. The number of aromatic nitrogens is 2. The van der Waals surface area contributed by atoms with Crippen LogP contribution in [0, 0.1) is 11.6 Å². The summed E-state index contributed by atoms with van der Waals surface area (Å²) in [6, 6.07) is 3.32.